The molecule has 0 aromatic carbocycles. The molecule has 0 aromatic heterocycles. The van der Waals surface area contributed by atoms with Gasteiger partial charge >= 0.3 is 5.97 Å². The number of aryl methyl sites for hydroxylation is 2. The Bertz CT molecular complexity index is 675. The van der Waals surface area contributed by atoms with Crippen molar-refractivity contribution >= 4 is 5.97 Å². The average molecular weight is 298 g/mol. The van der Waals surface area contributed by atoms with Gasteiger partial charge in [-0.2, -0.15) is 0 Å². The first-order valence-electron chi connectivity index (χ1n) is 7.87. The van der Waals surface area contributed by atoms with Crippen molar-refractivity contribution in [1.29, 1.82) is 0 Å². The molecule has 0 N–H and O–H groups in total. The second kappa shape index (κ2) is 5.75. The molecule has 2 rings (SSSR count). The molecular formula is C20H26O2. The van der Waals surface area contributed by atoms with E-state index in [9.17, 15) is 4.79 Å². The van der Waals surface area contributed by atoms with Gasteiger partial charge in [-0.15, -0.1) is 0 Å². The van der Waals surface area contributed by atoms with E-state index in [2.05, 4.69) is 45.9 Å². The standard InChI is InChI=1S/C20H26O2/c1-12(2)15-9-8-13(3)18-16(11-15)14(4)10-17(18)19(21)22-20(5,6)7/h8-12H,1-7H3. The van der Waals surface area contributed by atoms with E-state index in [1.165, 1.54) is 5.56 Å². The Kier molecular flexibility index (Phi) is 4.32. The van der Waals surface area contributed by atoms with Gasteiger partial charge in [-0.1, -0.05) is 32.0 Å². The SMILES string of the molecule is Cc1cc(C(=O)OC(C)(C)C)c2c(C)ccc(C(C)C)cc1-2. The highest BCUT2D eigenvalue weighted by Gasteiger charge is 2.25. The van der Waals surface area contributed by atoms with Gasteiger partial charge in [-0.3, -0.25) is 0 Å². The smallest absolute Gasteiger partial charge is 0.339 e. The van der Waals surface area contributed by atoms with E-state index in [1.54, 1.807) is 0 Å². The van der Waals surface area contributed by atoms with Crippen LogP contribution in [0.4, 0.5) is 0 Å². The van der Waals surface area contributed by atoms with Crippen molar-refractivity contribution in [2.24, 2.45) is 0 Å². The topological polar surface area (TPSA) is 26.3 Å². The molecule has 2 heteroatoms. The van der Waals surface area contributed by atoms with Crippen molar-refractivity contribution in [3.05, 3.63) is 46.5 Å². The first kappa shape index (κ1) is 16.5. The summed E-state index contributed by atoms with van der Waals surface area (Å²) >= 11 is 0. The Labute approximate surface area is 133 Å². The Morgan fingerprint density at radius 1 is 1.05 bits per heavy atom. The maximum absolute atomic E-state index is 12.5. The molecule has 0 aromatic rings. The Balaban J connectivity index is 2.60. The predicted molar refractivity (Wildman–Crippen MR) is 91.8 cm³/mol. The highest BCUT2D eigenvalue weighted by Crippen LogP contribution is 2.36. The third kappa shape index (κ3) is 3.32. The van der Waals surface area contributed by atoms with E-state index in [1.807, 2.05) is 26.8 Å². The van der Waals surface area contributed by atoms with Gasteiger partial charge in [0.25, 0.3) is 0 Å². The minimum atomic E-state index is -0.484. The fourth-order valence-electron chi connectivity index (χ4n) is 2.69. The number of esters is 1. The minimum absolute atomic E-state index is 0.244. The molecule has 0 atom stereocenters. The molecule has 22 heavy (non-hydrogen) atoms. The van der Waals surface area contributed by atoms with Crippen LogP contribution < -0.4 is 0 Å². The van der Waals surface area contributed by atoms with Crippen LogP contribution in [-0.2, 0) is 4.74 Å². The summed E-state index contributed by atoms with van der Waals surface area (Å²) < 4.78 is 5.57. The lowest BCUT2D eigenvalue weighted by atomic mass is 10.0. The van der Waals surface area contributed by atoms with Crippen LogP contribution in [-0.4, -0.2) is 11.6 Å². The van der Waals surface area contributed by atoms with Crippen LogP contribution in [0.1, 0.15) is 67.6 Å². The average Bonchev–Trinajstić information content (AvgIpc) is 2.57. The molecule has 0 bridgehead atoms. The van der Waals surface area contributed by atoms with Crippen LogP contribution in [0, 0.1) is 13.8 Å². The van der Waals surface area contributed by atoms with Gasteiger partial charge in [-0.25, -0.2) is 4.79 Å². The second-order valence-electron chi connectivity index (χ2n) is 7.35. The molecule has 118 valence electrons. The summed E-state index contributed by atoms with van der Waals surface area (Å²) in [5.74, 6) is 0.209. The molecule has 2 aliphatic carbocycles. The summed E-state index contributed by atoms with van der Waals surface area (Å²) in [6.07, 6.45) is 0. The van der Waals surface area contributed by atoms with Crippen LogP contribution in [0.2, 0.25) is 0 Å². The fraction of sp³-hybridized carbons (Fsp3) is 0.450. The first-order valence-corrected chi connectivity index (χ1v) is 7.87. The summed E-state index contributed by atoms with van der Waals surface area (Å²) in [7, 11) is 0. The van der Waals surface area contributed by atoms with Crippen molar-refractivity contribution in [3.63, 3.8) is 0 Å². The van der Waals surface area contributed by atoms with Crippen LogP contribution in [0.5, 0.6) is 0 Å². The van der Waals surface area contributed by atoms with Gasteiger partial charge in [0.05, 0.1) is 5.56 Å². The highest BCUT2D eigenvalue weighted by atomic mass is 16.6. The number of hydrogen-bond acceptors (Lipinski definition) is 2. The largest absolute Gasteiger partial charge is 0.456 e. The number of hydrogen-bond donors (Lipinski definition) is 0. The van der Waals surface area contributed by atoms with Gasteiger partial charge in [0.15, 0.2) is 0 Å². The summed E-state index contributed by atoms with van der Waals surface area (Å²) in [5, 5.41) is 0. The quantitative estimate of drug-likeness (QED) is 0.685. The number of rotatable bonds is 2. The number of carbonyl (C=O) groups is 1. The molecule has 0 spiro atoms. The van der Waals surface area contributed by atoms with Gasteiger partial charge in [0, 0.05) is 0 Å². The van der Waals surface area contributed by atoms with Crippen LogP contribution >= 0.6 is 0 Å². The molecule has 2 nitrogen and oxygen atoms in total. The lowest BCUT2D eigenvalue weighted by Gasteiger charge is -2.19. The molecular weight excluding hydrogens is 272 g/mol. The van der Waals surface area contributed by atoms with E-state index in [-0.39, 0.29) is 5.97 Å². The molecule has 0 saturated heterocycles. The van der Waals surface area contributed by atoms with Crippen molar-refractivity contribution in [2.45, 2.75) is 60.0 Å². The van der Waals surface area contributed by atoms with Gasteiger partial charge in [0.1, 0.15) is 5.60 Å². The Morgan fingerprint density at radius 2 is 1.68 bits per heavy atom. The van der Waals surface area contributed by atoms with Crippen molar-refractivity contribution in [1.82, 2.24) is 0 Å². The van der Waals surface area contributed by atoms with Crippen molar-refractivity contribution in [3.8, 4) is 11.1 Å². The number of fused-ring (bicyclic) bond motifs is 1. The lowest BCUT2D eigenvalue weighted by molar-refractivity contribution is 0.00708. The summed E-state index contributed by atoms with van der Waals surface area (Å²) in [6.45, 7) is 14.2. The molecule has 0 unspecified atom stereocenters. The number of carbonyl (C=O) groups excluding carboxylic acids is 1. The molecule has 0 fully saturated rings. The number of ether oxygens (including phenoxy) is 1. The third-order valence-electron chi connectivity index (χ3n) is 3.84. The molecule has 0 amide bonds. The van der Waals surface area contributed by atoms with Crippen molar-refractivity contribution < 1.29 is 9.53 Å². The zero-order chi connectivity index (χ0) is 16.7. The van der Waals surface area contributed by atoms with E-state index in [0.717, 1.165) is 22.3 Å². The normalized spacial score (nSPS) is 12.0. The van der Waals surface area contributed by atoms with Crippen molar-refractivity contribution in [2.75, 3.05) is 0 Å². The van der Waals surface area contributed by atoms with Crippen LogP contribution in [0.25, 0.3) is 11.1 Å². The van der Waals surface area contributed by atoms with E-state index < -0.39 is 5.60 Å². The molecule has 0 saturated carbocycles. The third-order valence-corrected chi connectivity index (χ3v) is 3.84. The minimum Gasteiger partial charge on any atom is -0.456 e. The van der Waals surface area contributed by atoms with E-state index >= 15 is 0 Å². The van der Waals surface area contributed by atoms with Crippen LogP contribution in [0.15, 0.2) is 24.3 Å². The highest BCUT2D eigenvalue weighted by molar-refractivity contribution is 6.01. The summed E-state index contributed by atoms with van der Waals surface area (Å²) in [5.41, 5.74) is 5.86. The summed E-state index contributed by atoms with van der Waals surface area (Å²) in [4.78, 5) is 12.5. The van der Waals surface area contributed by atoms with Crippen LogP contribution in [0.3, 0.4) is 0 Å². The van der Waals surface area contributed by atoms with Gasteiger partial charge in [-0.05, 0) is 74.4 Å². The maximum atomic E-state index is 12.5. The molecule has 0 radical (unpaired) electrons. The molecule has 2 aliphatic rings. The zero-order valence-electron chi connectivity index (χ0n) is 14.7. The van der Waals surface area contributed by atoms with E-state index in [4.69, 9.17) is 4.74 Å². The maximum Gasteiger partial charge on any atom is 0.339 e. The van der Waals surface area contributed by atoms with Gasteiger partial charge in [0.2, 0.25) is 0 Å². The monoisotopic (exact) mass is 298 g/mol. The molecule has 0 aliphatic heterocycles. The Morgan fingerprint density at radius 3 is 2.23 bits per heavy atom. The second-order valence-corrected chi connectivity index (χ2v) is 7.35. The van der Waals surface area contributed by atoms with E-state index in [0.29, 0.717) is 11.5 Å². The summed E-state index contributed by atoms with van der Waals surface area (Å²) in [6, 6.07) is 8.41. The first-order chi connectivity index (χ1) is 10.1. The lowest BCUT2D eigenvalue weighted by Crippen LogP contribution is -2.23. The fourth-order valence-corrected chi connectivity index (χ4v) is 2.69. The zero-order valence-corrected chi connectivity index (χ0v) is 14.7. The predicted octanol–water partition coefficient (Wildman–Crippen LogP) is 5.49. The Hall–Kier alpha value is -1.83. The molecule has 0 heterocycles. The van der Waals surface area contributed by atoms with Gasteiger partial charge < -0.3 is 4.74 Å².